The maximum absolute atomic E-state index is 5.28. The summed E-state index contributed by atoms with van der Waals surface area (Å²) >= 11 is 0. The maximum Gasteiger partial charge on any atom is 0.181 e. The van der Waals surface area contributed by atoms with Gasteiger partial charge in [0.2, 0.25) is 0 Å². The van der Waals surface area contributed by atoms with Gasteiger partial charge in [0.1, 0.15) is 0 Å². The zero-order chi connectivity index (χ0) is 12.8. The van der Waals surface area contributed by atoms with Crippen LogP contribution < -0.4 is 5.32 Å². The Morgan fingerprint density at radius 1 is 1.44 bits per heavy atom. The number of hydrogen-bond acceptors (Lipinski definition) is 4. The molecule has 4 nitrogen and oxygen atoms in total. The molecule has 2 aromatic rings. The van der Waals surface area contributed by atoms with Gasteiger partial charge in [-0.05, 0) is 18.1 Å². The second kappa shape index (κ2) is 6.21. The van der Waals surface area contributed by atoms with Crippen LogP contribution in [-0.4, -0.2) is 25.2 Å². The number of ether oxygens (including phenoxy) is 1. The van der Waals surface area contributed by atoms with Gasteiger partial charge < -0.3 is 14.5 Å². The standard InChI is InChI=1S/C14H18N2O2/c1-11(9-17-2)7-16-13-5-3-4-12(6-13)14-8-15-10-18-14/h3-6,8,10-11,16H,7,9H2,1-2H3. The molecule has 0 bridgehead atoms. The number of oxazole rings is 1. The number of nitrogens with one attached hydrogen (secondary N) is 1. The Labute approximate surface area is 107 Å². The van der Waals surface area contributed by atoms with Crippen molar-refractivity contribution in [3.8, 4) is 11.3 Å². The van der Waals surface area contributed by atoms with Gasteiger partial charge in [0.25, 0.3) is 0 Å². The topological polar surface area (TPSA) is 47.3 Å². The van der Waals surface area contributed by atoms with Gasteiger partial charge in [-0.3, -0.25) is 0 Å². The van der Waals surface area contributed by atoms with E-state index in [1.165, 1.54) is 6.39 Å². The van der Waals surface area contributed by atoms with Crippen molar-refractivity contribution >= 4 is 5.69 Å². The number of benzene rings is 1. The third-order valence-electron chi connectivity index (χ3n) is 2.69. The lowest BCUT2D eigenvalue weighted by Crippen LogP contribution is -2.15. The van der Waals surface area contributed by atoms with Crippen LogP contribution in [0.25, 0.3) is 11.3 Å². The average molecular weight is 246 g/mol. The van der Waals surface area contributed by atoms with Crippen LogP contribution in [0.3, 0.4) is 0 Å². The molecule has 0 saturated carbocycles. The van der Waals surface area contributed by atoms with Crippen LogP contribution in [0.1, 0.15) is 6.92 Å². The molecule has 1 atom stereocenters. The van der Waals surface area contributed by atoms with Gasteiger partial charge in [0.15, 0.2) is 12.2 Å². The molecular formula is C14H18N2O2. The highest BCUT2D eigenvalue weighted by Crippen LogP contribution is 2.22. The summed E-state index contributed by atoms with van der Waals surface area (Å²) in [6.45, 7) is 3.79. The minimum Gasteiger partial charge on any atom is -0.444 e. The number of nitrogens with zero attached hydrogens (tertiary/aromatic N) is 1. The Hall–Kier alpha value is -1.81. The number of anilines is 1. The molecule has 1 heterocycles. The number of hydrogen-bond donors (Lipinski definition) is 1. The molecule has 0 amide bonds. The first-order valence-electron chi connectivity index (χ1n) is 6.01. The first-order chi connectivity index (χ1) is 8.79. The van der Waals surface area contributed by atoms with Gasteiger partial charge >= 0.3 is 0 Å². The fourth-order valence-electron chi connectivity index (χ4n) is 1.78. The molecule has 4 heteroatoms. The summed E-state index contributed by atoms with van der Waals surface area (Å²) in [4.78, 5) is 3.92. The third kappa shape index (κ3) is 3.34. The molecule has 0 spiro atoms. The van der Waals surface area contributed by atoms with E-state index in [1.54, 1.807) is 13.3 Å². The van der Waals surface area contributed by atoms with Crippen molar-refractivity contribution in [2.45, 2.75) is 6.92 Å². The Morgan fingerprint density at radius 2 is 2.33 bits per heavy atom. The lowest BCUT2D eigenvalue weighted by atomic mass is 10.1. The molecule has 0 aliphatic heterocycles. The second-order valence-corrected chi connectivity index (χ2v) is 4.39. The van der Waals surface area contributed by atoms with Crippen LogP contribution in [0.15, 0.2) is 41.3 Å². The van der Waals surface area contributed by atoms with Gasteiger partial charge in [0.05, 0.1) is 12.8 Å². The van der Waals surface area contributed by atoms with Crippen molar-refractivity contribution in [1.29, 1.82) is 0 Å². The second-order valence-electron chi connectivity index (χ2n) is 4.39. The van der Waals surface area contributed by atoms with E-state index >= 15 is 0 Å². The molecule has 18 heavy (non-hydrogen) atoms. The van der Waals surface area contributed by atoms with E-state index in [0.717, 1.165) is 30.2 Å². The molecule has 1 N–H and O–H groups in total. The molecule has 0 saturated heterocycles. The molecule has 0 fully saturated rings. The average Bonchev–Trinajstić information content (AvgIpc) is 2.91. The predicted molar refractivity (Wildman–Crippen MR) is 71.5 cm³/mol. The largest absolute Gasteiger partial charge is 0.444 e. The van der Waals surface area contributed by atoms with Gasteiger partial charge in [-0.1, -0.05) is 19.1 Å². The highest BCUT2D eigenvalue weighted by atomic mass is 16.5. The Bertz CT molecular complexity index is 468. The molecule has 0 radical (unpaired) electrons. The van der Waals surface area contributed by atoms with Crippen LogP contribution in [-0.2, 0) is 4.74 Å². The van der Waals surface area contributed by atoms with E-state index in [-0.39, 0.29) is 0 Å². The Morgan fingerprint density at radius 3 is 3.06 bits per heavy atom. The van der Waals surface area contributed by atoms with Gasteiger partial charge in [-0.25, -0.2) is 4.98 Å². The van der Waals surface area contributed by atoms with Gasteiger partial charge in [-0.15, -0.1) is 0 Å². The highest BCUT2D eigenvalue weighted by Gasteiger charge is 2.04. The molecule has 1 aromatic heterocycles. The highest BCUT2D eigenvalue weighted by molar-refractivity contribution is 5.63. The Balaban J connectivity index is 2.00. The van der Waals surface area contributed by atoms with Crippen LogP contribution in [0.2, 0.25) is 0 Å². The zero-order valence-corrected chi connectivity index (χ0v) is 10.7. The Kier molecular flexibility index (Phi) is 4.36. The monoisotopic (exact) mass is 246 g/mol. The first-order valence-corrected chi connectivity index (χ1v) is 6.01. The lowest BCUT2D eigenvalue weighted by Gasteiger charge is -2.12. The van der Waals surface area contributed by atoms with Crippen LogP contribution in [0.4, 0.5) is 5.69 Å². The molecule has 2 rings (SSSR count). The normalized spacial score (nSPS) is 12.3. The summed E-state index contributed by atoms with van der Waals surface area (Å²) in [6, 6.07) is 8.10. The summed E-state index contributed by atoms with van der Waals surface area (Å²) in [5.41, 5.74) is 2.10. The molecule has 0 aliphatic rings. The van der Waals surface area contributed by atoms with E-state index in [0.29, 0.717) is 5.92 Å². The first kappa shape index (κ1) is 12.6. The van der Waals surface area contributed by atoms with Crippen molar-refractivity contribution in [1.82, 2.24) is 4.98 Å². The smallest absolute Gasteiger partial charge is 0.181 e. The lowest BCUT2D eigenvalue weighted by molar-refractivity contribution is 0.164. The van der Waals surface area contributed by atoms with Crippen LogP contribution in [0, 0.1) is 5.92 Å². The van der Waals surface area contributed by atoms with Gasteiger partial charge in [-0.2, -0.15) is 0 Å². The number of rotatable bonds is 6. The van der Waals surface area contributed by atoms with Crippen LogP contribution in [0.5, 0.6) is 0 Å². The molecular weight excluding hydrogens is 228 g/mol. The van der Waals surface area contributed by atoms with Gasteiger partial charge in [0, 0.05) is 24.9 Å². The quantitative estimate of drug-likeness (QED) is 0.851. The van der Waals surface area contributed by atoms with E-state index in [1.807, 2.05) is 18.2 Å². The van der Waals surface area contributed by atoms with Crippen molar-refractivity contribution in [2.24, 2.45) is 5.92 Å². The van der Waals surface area contributed by atoms with E-state index in [9.17, 15) is 0 Å². The van der Waals surface area contributed by atoms with E-state index in [2.05, 4.69) is 23.3 Å². The van der Waals surface area contributed by atoms with E-state index in [4.69, 9.17) is 9.15 Å². The third-order valence-corrected chi connectivity index (χ3v) is 2.69. The minimum absolute atomic E-state index is 0.476. The molecule has 96 valence electrons. The van der Waals surface area contributed by atoms with Crippen molar-refractivity contribution in [3.63, 3.8) is 0 Å². The minimum atomic E-state index is 0.476. The SMILES string of the molecule is COCC(C)CNc1cccc(-c2cnco2)c1. The fourth-order valence-corrected chi connectivity index (χ4v) is 1.78. The van der Waals surface area contributed by atoms with Crippen LogP contribution >= 0.6 is 0 Å². The fraction of sp³-hybridized carbons (Fsp3) is 0.357. The summed E-state index contributed by atoms with van der Waals surface area (Å²) in [5.74, 6) is 1.26. The summed E-state index contributed by atoms with van der Waals surface area (Å²) in [6.07, 6.45) is 3.16. The van der Waals surface area contributed by atoms with E-state index < -0.39 is 0 Å². The molecule has 0 aliphatic carbocycles. The molecule has 1 aromatic carbocycles. The summed E-state index contributed by atoms with van der Waals surface area (Å²) < 4.78 is 10.4. The summed E-state index contributed by atoms with van der Waals surface area (Å²) in [5, 5.41) is 3.39. The summed E-state index contributed by atoms with van der Waals surface area (Å²) in [7, 11) is 1.72. The zero-order valence-electron chi connectivity index (χ0n) is 10.7. The van der Waals surface area contributed by atoms with Crippen molar-refractivity contribution < 1.29 is 9.15 Å². The number of aromatic nitrogens is 1. The molecule has 1 unspecified atom stereocenters. The van der Waals surface area contributed by atoms with Crippen molar-refractivity contribution in [2.75, 3.05) is 25.6 Å². The van der Waals surface area contributed by atoms with Crippen molar-refractivity contribution in [3.05, 3.63) is 36.9 Å². The maximum atomic E-state index is 5.28. The number of methoxy groups -OCH3 is 1. The predicted octanol–water partition coefficient (Wildman–Crippen LogP) is 3.04.